The summed E-state index contributed by atoms with van der Waals surface area (Å²) in [6.45, 7) is 6.09. The fourth-order valence-electron chi connectivity index (χ4n) is 4.12. The molecule has 1 aromatic heterocycles. The van der Waals surface area contributed by atoms with E-state index in [4.69, 9.17) is 0 Å². The van der Waals surface area contributed by atoms with E-state index in [-0.39, 0.29) is 18.4 Å². The molecule has 26 heavy (non-hydrogen) atoms. The Kier molecular flexibility index (Phi) is 4.98. The first-order chi connectivity index (χ1) is 12.4. The Balaban J connectivity index is 1.79. The number of urea groups is 1. The molecule has 0 bridgehead atoms. The zero-order valence-electron chi connectivity index (χ0n) is 15.6. The van der Waals surface area contributed by atoms with Crippen LogP contribution < -0.4 is 0 Å². The Morgan fingerprint density at radius 2 is 1.73 bits per heavy atom. The summed E-state index contributed by atoms with van der Waals surface area (Å²) < 4.78 is 2.00. The summed E-state index contributed by atoms with van der Waals surface area (Å²) in [4.78, 5) is 51.8. The minimum absolute atomic E-state index is 0.224. The number of aryl methyl sites for hydroxylation is 1. The number of aromatic nitrogens is 1. The fraction of sp³-hybridized carbons (Fsp3) is 0.579. The van der Waals surface area contributed by atoms with E-state index in [2.05, 4.69) is 0 Å². The van der Waals surface area contributed by atoms with E-state index in [0.717, 1.165) is 59.8 Å². The molecule has 1 aliphatic heterocycles. The maximum Gasteiger partial charge on any atom is 0.334 e. The molecule has 2 aliphatic rings. The number of nitrogens with zero attached hydrogens (tertiary/aromatic N) is 3. The van der Waals surface area contributed by atoms with Crippen LogP contribution in [-0.2, 0) is 16.1 Å². The van der Waals surface area contributed by atoms with Gasteiger partial charge >= 0.3 is 17.8 Å². The number of imide groups is 2. The quantitative estimate of drug-likeness (QED) is 0.459. The molecular formula is C19H25N3O4. The van der Waals surface area contributed by atoms with Crippen LogP contribution in [0.1, 0.15) is 60.8 Å². The Morgan fingerprint density at radius 1 is 1.08 bits per heavy atom. The molecule has 4 amide bonds. The number of hydrogen-bond donors (Lipinski definition) is 0. The molecule has 0 atom stereocenters. The Bertz CT molecular complexity index is 774. The summed E-state index contributed by atoms with van der Waals surface area (Å²) in [5.41, 5.74) is 2.26. The van der Waals surface area contributed by atoms with Crippen LogP contribution in [0.25, 0.3) is 0 Å². The largest absolute Gasteiger partial charge is 0.349 e. The zero-order chi connectivity index (χ0) is 19.0. The van der Waals surface area contributed by atoms with Gasteiger partial charge in [0.2, 0.25) is 0 Å². The minimum atomic E-state index is -0.891. The van der Waals surface area contributed by atoms with Gasteiger partial charge < -0.3 is 4.57 Å². The molecule has 3 rings (SSSR count). The highest BCUT2D eigenvalue weighted by atomic mass is 16.2. The van der Waals surface area contributed by atoms with Gasteiger partial charge in [0.25, 0.3) is 0 Å². The fourth-order valence-corrected chi connectivity index (χ4v) is 4.12. The lowest BCUT2D eigenvalue weighted by Gasteiger charge is -2.28. The van der Waals surface area contributed by atoms with Crippen LogP contribution in [0.3, 0.4) is 0 Å². The summed E-state index contributed by atoms with van der Waals surface area (Å²) in [7, 11) is 0. The van der Waals surface area contributed by atoms with Crippen LogP contribution in [0.2, 0.25) is 0 Å². The van der Waals surface area contributed by atoms with Crippen molar-refractivity contribution in [2.24, 2.45) is 0 Å². The standard InChI is InChI=1S/C19H25N3O4/c1-4-20-12(2)10-15(13(20)3)16(23)11-21-17(24)18(25)22(19(21)26)14-8-6-5-7-9-14/h10,14H,4-9,11H2,1-3H3. The molecule has 1 aromatic rings. The lowest BCUT2D eigenvalue weighted by molar-refractivity contribution is -0.144. The van der Waals surface area contributed by atoms with Crippen LogP contribution in [0.15, 0.2) is 6.07 Å². The first-order valence-corrected chi connectivity index (χ1v) is 9.25. The summed E-state index contributed by atoms with van der Waals surface area (Å²) >= 11 is 0. The average molecular weight is 359 g/mol. The van der Waals surface area contributed by atoms with Crippen LogP contribution in [0, 0.1) is 13.8 Å². The molecular weight excluding hydrogens is 334 g/mol. The summed E-state index contributed by atoms with van der Waals surface area (Å²) in [6, 6.07) is 0.898. The molecule has 7 nitrogen and oxygen atoms in total. The molecule has 0 aromatic carbocycles. The highest BCUT2D eigenvalue weighted by molar-refractivity contribution is 6.45. The van der Waals surface area contributed by atoms with Crippen LogP contribution in [-0.4, -0.2) is 50.6 Å². The monoisotopic (exact) mass is 359 g/mol. The number of Topliss-reactive ketones (excluding diaryl/α,β-unsaturated/α-hetero) is 1. The molecule has 0 radical (unpaired) electrons. The highest BCUT2D eigenvalue weighted by Gasteiger charge is 2.48. The number of carbonyl (C=O) groups is 4. The van der Waals surface area contributed by atoms with Crippen molar-refractivity contribution in [1.29, 1.82) is 0 Å². The van der Waals surface area contributed by atoms with Crippen LogP contribution in [0.5, 0.6) is 0 Å². The van der Waals surface area contributed by atoms with E-state index in [1.807, 2.05) is 25.3 Å². The minimum Gasteiger partial charge on any atom is -0.349 e. The van der Waals surface area contributed by atoms with Gasteiger partial charge in [0.1, 0.15) is 0 Å². The third kappa shape index (κ3) is 2.95. The number of ketones is 1. The molecule has 1 saturated heterocycles. The van der Waals surface area contributed by atoms with E-state index in [9.17, 15) is 19.2 Å². The zero-order valence-corrected chi connectivity index (χ0v) is 15.6. The molecule has 1 saturated carbocycles. The van der Waals surface area contributed by atoms with Crippen molar-refractivity contribution in [2.75, 3.05) is 6.54 Å². The Morgan fingerprint density at radius 3 is 2.31 bits per heavy atom. The van der Waals surface area contributed by atoms with Crippen molar-refractivity contribution in [1.82, 2.24) is 14.4 Å². The van der Waals surface area contributed by atoms with E-state index in [1.165, 1.54) is 0 Å². The smallest absolute Gasteiger partial charge is 0.334 e. The van der Waals surface area contributed by atoms with E-state index < -0.39 is 17.8 Å². The lowest BCUT2D eigenvalue weighted by atomic mass is 9.94. The second-order valence-corrected chi connectivity index (χ2v) is 7.09. The molecule has 0 unspecified atom stereocenters. The van der Waals surface area contributed by atoms with Gasteiger partial charge in [-0.2, -0.15) is 0 Å². The predicted molar refractivity (Wildman–Crippen MR) is 94.7 cm³/mol. The number of amides is 4. The van der Waals surface area contributed by atoms with Crippen molar-refractivity contribution in [3.8, 4) is 0 Å². The van der Waals surface area contributed by atoms with E-state index in [1.54, 1.807) is 6.07 Å². The van der Waals surface area contributed by atoms with Gasteiger partial charge in [0.15, 0.2) is 5.78 Å². The third-order valence-corrected chi connectivity index (χ3v) is 5.52. The predicted octanol–water partition coefficient (Wildman–Crippen LogP) is 2.43. The van der Waals surface area contributed by atoms with Crippen molar-refractivity contribution < 1.29 is 19.2 Å². The first kappa shape index (κ1) is 18.4. The molecule has 1 aliphatic carbocycles. The molecule has 0 spiro atoms. The third-order valence-electron chi connectivity index (χ3n) is 5.52. The summed E-state index contributed by atoms with van der Waals surface area (Å²) in [6.07, 6.45) is 4.42. The first-order valence-electron chi connectivity index (χ1n) is 9.25. The molecule has 2 fully saturated rings. The van der Waals surface area contributed by atoms with Crippen molar-refractivity contribution in [3.63, 3.8) is 0 Å². The average Bonchev–Trinajstić information content (AvgIpc) is 3.03. The maximum atomic E-state index is 12.7. The second kappa shape index (κ2) is 7.05. The van der Waals surface area contributed by atoms with E-state index in [0.29, 0.717) is 5.56 Å². The maximum absolute atomic E-state index is 12.7. The van der Waals surface area contributed by atoms with E-state index >= 15 is 0 Å². The molecule has 7 heteroatoms. The van der Waals surface area contributed by atoms with Gasteiger partial charge in [0.05, 0.1) is 6.54 Å². The molecule has 0 N–H and O–H groups in total. The van der Waals surface area contributed by atoms with Crippen molar-refractivity contribution in [3.05, 3.63) is 23.0 Å². The van der Waals surface area contributed by atoms with Crippen molar-refractivity contribution >= 4 is 23.6 Å². The Labute approximate surface area is 152 Å². The molecule has 2 heterocycles. The highest BCUT2D eigenvalue weighted by Crippen LogP contribution is 2.27. The van der Waals surface area contributed by atoms with Gasteiger partial charge in [-0.15, -0.1) is 0 Å². The number of carbonyl (C=O) groups excluding carboxylic acids is 4. The number of hydrogen-bond acceptors (Lipinski definition) is 4. The van der Waals surface area contributed by atoms with Crippen molar-refractivity contribution in [2.45, 2.75) is 65.5 Å². The van der Waals surface area contributed by atoms with Gasteiger partial charge in [-0.25, -0.2) is 9.69 Å². The van der Waals surface area contributed by atoms with Crippen LogP contribution >= 0.6 is 0 Å². The second-order valence-electron chi connectivity index (χ2n) is 7.09. The van der Waals surface area contributed by atoms with Gasteiger partial charge in [0, 0.05) is 29.5 Å². The lowest BCUT2D eigenvalue weighted by Crippen LogP contribution is -2.43. The SMILES string of the molecule is CCn1c(C)cc(C(=O)CN2C(=O)C(=O)N(C3CCCCC3)C2=O)c1C. The molecule has 140 valence electrons. The summed E-state index contributed by atoms with van der Waals surface area (Å²) in [5.74, 6) is -2.01. The van der Waals surface area contributed by atoms with Gasteiger partial charge in [-0.05, 0) is 39.7 Å². The normalized spacial score (nSPS) is 19.0. The van der Waals surface area contributed by atoms with Gasteiger partial charge in [-0.1, -0.05) is 19.3 Å². The Hall–Kier alpha value is -2.44. The topological polar surface area (TPSA) is 79.7 Å². The van der Waals surface area contributed by atoms with Crippen LogP contribution in [0.4, 0.5) is 4.79 Å². The number of rotatable bonds is 5. The summed E-state index contributed by atoms with van der Waals surface area (Å²) in [5, 5.41) is 0. The van der Waals surface area contributed by atoms with Gasteiger partial charge in [-0.3, -0.25) is 19.3 Å².